The molecule has 0 aromatic carbocycles. The molecule has 2 heterocycles. The van der Waals surface area contributed by atoms with Crippen LogP contribution in [-0.4, -0.2) is 33.1 Å². The van der Waals surface area contributed by atoms with Crippen molar-refractivity contribution in [2.45, 2.75) is 26.3 Å². The molecule has 0 aliphatic rings. The number of aryl methyl sites for hydroxylation is 1. The number of nitrogens with zero attached hydrogens (tertiary/aromatic N) is 4. The van der Waals surface area contributed by atoms with Crippen LogP contribution in [0.25, 0.3) is 0 Å². The van der Waals surface area contributed by atoms with Crippen molar-refractivity contribution in [3.05, 3.63) is 30.6 Å². The largest absolute Gasteiger partial charge is 0.373 e. The number of anilines is 2. The van der Waals surface area contributed by atoms with Gasteiger partial charge in [-0.25, -0.2) is 15.0 Å². The topological polar surface area (TPSA) is 67.7 Å². The van der Waals surface area contributed by atoms with Crippen LogP contribution in [0.4, 0.5) is 11.6 Å². The quantitative estimate of drug-likeness (QED) is 0.794. The zero-order valence-electron chi connectivity index (χ0n) is 11.4. The van der Waals surface area contributed by atoms with Gasteiger partial charge >= 0.3 is 0 Å². The second-order valence-electron chi connectivity index (χ2n) is 4.28. The molecule has 0 amide bonds. The minimum absolute atomic E-state index is 0.808. The van der Waals surface area contributed by atoms with Gasteiger partial charge in [-0.3, -0.25) is 0 Å². The van der Waals surface area contributed by atoms with E-state index in [1.54, 1.807) is 6.20 Å². The van der Waals surface area contributed by atoms with Gasteiger partial charge in [0.2, 0.25) is 0 Å². The monoisotopic (exact) mass is 260 g/mol. The van der Waals surface area contributed by atoms with Crippen LogP contribution in [0.2, 0.25) is 0 Å². The number of nitrogens with one attached hydrogen (secondary N) is 2. The molecule has 19 heavy (non-hydrogen) atoms. The third kappa shape index (κ3) is 3.94. The lowest BCUT2D eigenvalue weighted by Gasteiger charge is -2.09. The van der Waals surface area contributed by atoms with Gasteiger partial charge in [0, 0.05) is 45.0 Å². The normalized spacial score (nSPS) is 10.4. The van der Waals surface area contributed by atoms with Gasteiger partial charge in [-0.15, -0.1) is 0 Å². The van der Waals surface area contributed by atoms with E-state index in [0.717, 1.165) is 43.4 Å². The third-order valence-corrected chi connectivity index (χ3v) is 2.74. The molecule has 0 saturated heterocycles. The van der Waals surface area contributed by atoms with E-state index in [9.17, 15) is 0 Å². The Morgan fingerprint density at radius 1 is 1.26 bits per heavy atom. The maximum atomic E-state index is 4.50. The highest BCUT2D eigenvalue weighted by atomic mass is 15.1. The van der Waals surface area contributed by atoms with E-state index >= 15 is 0 Å². The van der Waals surface area contributed by atoms with Gasteiger partial charge in [0.15, 0.2) is 0 Å². The zero-order chi connectivity index (χ0) is 13.5. The van der Waals surface area contributed by atoms with Crippen molar-refractivity contribution in [2.75, 3.05) is 24.2 Å². The Morgan fingerprint density at radius 3 is 2.79 bits per heavy atom. The Morgan fingerprint density at radius 2 is 2.11 bits per heavy atom. The highest BCUT2D eigenvalue weighted by Gasteiger charge is 2.03. The van der Waals surface area contributed by atoms with Gasteiger partial charge in [0.05, 0.1) is 6.33 Å². The molecule has 6 nitrogen and oxygen atoms in total. The molecule has 0 saturated carbocycles. The van der Waals surface area contributed by atoms with Gasteiger partial charge < -0.3 is 15.2 Å². The predicted octanol–water partition coefficient (Wildman–Crippen LogP) is 1.78. The highest BCUT2D eigenvalue weighted by molar-refractivity contribution is 5.47. The third-order valence-electron chi connectivity index (χ3n) is 2.74. The highest BCUT2D eigenvalue weighted by Crippen LogP contribution is 2.11. The molecular weight excluding hydrogens is 240 g/mol. The minimum Gasteiger partial charge on any atom is -0.373 e. The smallest absolute Gasteiger partial charge is 0.133 e. The molecule has 0 aliphatic heterocycles. The lowest BCUT2D eigenvalue weighted by molar-refractivity contribution is 0.723. The molecule has 2 rings (SSSR count). The summed E-state index contributed by atoms with van der Waals surface area (Å²) >= 11 is 0. The lowest BCUT2D eigenvalue weighted by Crippen LogP contribution is -2.12. The first-order valence-electron chi connectivity index (χ1n) is 6.57. The SMILES string of the molecule is CCCc1nc(NC)cc(NCCn2ccnc2)n1. The van der Waals surface area contributed by atoms with Gasteiger partial charge in [0.25, 0.3) is 0 Å². The standard InChI is InChI=1S/C13H20N6/c1-3-4-11-17-12(14-2)9-13(18-11)16-6-8-19-7-5-15-10-19/h5,7,9-10H,3-4,6,8H2,1-2H3,(H2,14,16,17,18). The molecule has 0 fully saturated rings. The van der Waals surface area contributed by atoms with Crippen LogP contribution in [-0.2, 0) is 13.0 Å². The summed E-state index contributed by atoms with van der Waals surface area (Å²) in [6.07, 6.45) is 7.48. The molecule has 6 heteroatoms. The summed E-state index contributed by atoms with van der Waals surface area (Å²) in [6.45, 7) is 3.80. The van der Waals surface area contributed by atoms with Crippen molar-refractivity contribution in [3.63, 3.8) is 0 Å². The van der Waals surface area contributed by atoms with Crippen molar-refractivity contribution < 1.29 is 0 Å². The molecule has 0 unspecified atom stereocenters. The molecule has 2 N–H and O–H groups in total. The fourth-order valence-electron chi connectivity index (χ4n) is 1.78. The van der Waals surface area contributed by atoms with Crippen LogP contribution in [0.15, 0.2) is 24.8 Å². The van der Waals surface area contributed by atoms with Crippen LogP contribution < -0.4 is 10.6 Å². The average molecular weight is 260 g/mol. The van der Waals surface area contributed by atoms with E-state index in [-0.39, 0.29) is 0 Å². The van der Waals surface area contributed by atoms with E-state index < -0.39 is 0 Å². The Labute approximate surface area is 113 Å². The second kappa shape index (κ2) is 6.72. The van der Waals surface area contributed by atoms with Gasteiger partial charge in [0.1, 0.15) is 17.5 Å². The Hall–Kier alpha value is -2.11. The molecule has 0 radical (unpaired) electrons. The molecule has 0 spiro atoms. The summed E-state index contributed by atoms with van der Waals surface area (Å²) in [6, 6.07) is 1.92. The van der Waals surface area contributed by atoms with E-state index in [1.807, 2.05) is 30.2 Å². The van der Waals surface area contributed by atoms with E-state index in [1.165, 1.54) is 0 Å². The number of hydrogen-bond donors (Lipinski definition) is 2. The Kier molecular flexibility index (Phi) is 4.72. The maximum absolute atomic E-state index is 4.50. The molecule has 2 aromatic rings. The Bertz CT molecular complexity index is 494. The number of imidazole rings is 1. The first-order valence-corrected chi connectivity index (χ1v) is 6.57. The molecule has 2 aromatic heterocycles. The van der Waals surface area contributed by atoms with Crippen LogP contribution in [0.5, 0.6) is 0 Å². The zero-order valence-corrected chi connectivity index (χ0v) is 11.4. The summed E-state index contributed by atoms with van der Waals surface area (Å²) < 4.78 is 2.03. The van der Waals surface area contributed by atoms with Gasteiger partial charge in [-0.05, 0) is 6.42 Å². The van der Waals surface area contributed by atoms with Crippen molar-refractivity contribution in [1.82, 2.24) is 19.5 Å². The van der Waals surface area contributed by atoms with Crippen molar-refractivity contribution in [2.24, 2.45) is 0 Å². The van der Waals surface area contributed by atoms with Crippen LogP contribution in [0.3, 0.4) is 0 Å². The van der Waals surface area contributed by atoms with E-state index in [0.29, 0.717) is 0 Å². The molecular formula is C13H20N6. The van der Waals surface area contributed by atoms with E-state index in [4.69, 9.17) is 0 Å². The minimum atomic E-state index is 0.808. The van der Waals surface area contributed by atoms with Crippen LogP contribution in [0, 0.1) is 0 Å². The first kappa shape index (κ1) is 13.3. The molecule has 102 valence electrons. The van der Waals surface area contributed by atoms with Crippen molar-refractivity contribution >= 4 is 11.6 Å². The van der Waals surface area contributed by atoms with Crippen molar-refractivity contribution in [1.29, 1.82) is 0 Å². The number of rotatable bonds is 7. The fraction of sp³-hybridized carbons (Fsp3) is 0.462. The van der Waals surface area contributed by atoms with Crippen molar-refractivity contribution in [3.8, 4) is 0 Å². The summed E-state index contributed by atoms with van der Waals surface area (Å²) in [7, 11) is 1.87. The maximum Gasteiger partial charge on any atom is 0.133 e. The second-order valence-corrected chi connectivity index (χ2v) is 4.28. The van der Waals surface area contributed by atoms with Gasteiger partial charge in [-0.1, -0.05) is 6.92 Å². The summed E-state index contributed by atoms with van der Waals surface area (Å²) in [5, 5.41) is 6.38. The average Bonchev–Trinajstić information content (AvgIpc) is 2.92. The molecule has 0 aliphatic carbocycles. The summed E-state index contributed by atoms with van der Waals surface area (Å²) in [4.78, 5) is 12.9. The molecule has 0 bridgehead atoms. The van der Waals surface area contributed by atoms with Crippen LogP contribution >= 0.6 is 0 Å². The number of hydrogen-bond acceptors (Lipinski definition) is 5. The lowest BCUT2D eigenvalue weighted by atomic mass is 10.3. The van der Waals surface area contributed by atoms with Gasteiger partial charge in [-0.2, -0.15) is 0 Å². The van der Waals surface area contributed by atoms with Crippen LogP contribution in [0.1, 0.15) is 19.2 Å². The summed E-state index contributed by atoms with van der Waals surface area (Å²) in [5.74, 6) is 2.59. The molecule has 0 atom stereocenters. The fourth-order valence-corrected chi connectivity index (χ4v) is 1.78. The first-order chi connectivity index (χ1) is 9.31. The predicted molar refractivity (Wildman–Crippen MR) is 76.3 cm³/mol. The summed E-state index contributed by atoms with van der Waals surface area (Å²) in [5.41, 5.74) is 0. The van der Waals surface area contributed by atoms with E-state index in [2.05, 4.69) is 32.5 Å². The number of aromatic nitrogens is 4. The Balaban J connectivity index is 1.96.